The summed E-state index contributed by atoms with van der Waals surface area (Å²) < 4.78 is 10.9. The van der Waals surface area contributed by atoms with Crippen LogP contribution >= 0.6 is 11.6 Å². The van der Waals surface area contributed by atoms with Crippen molar-refractivity contribution in [1.29, 1.82) is 0 Å². The van der Waals surface area contributed by atoms with Gasteiger partial charge in [-0.2, -0.15) is 0 Å². The van der Waals surface area contributed by atoms with E-state index in [1.807, 2.05) is 25.1 Å². The zero-order chi connectivity index (χ0) is 20.8. The number of amides is 1. The first-order valence-electron chi connectivity index (χ1n) is 9.27. The summed E-state index contributed by atoms with van der Waals surface area (Å²) in [6.07, 6.45) is -0.721. The first-order chi connectivity index (χ1) is 13.2. The molecule has 0 saturated carbocycles. The Kier molecular flexibility index (Phi) is 7.46. The molecule has 0 aliphatic heterocycles. The van der Waals surface area contributed by atoms with E-state index in [2.05, 4.69) is 19.2 Å². The number of benzene rings is 2. The lowest BCUT2D eigenvalue weighted by Gasteiger charge is -2.19. The molecule has 0 spiro atoms. The third-order valence-corrected chi connectivity index (χ3v) is 4.52. The van der Waals surface area contributed by atoms with Crippen LogP contribution in [0.1, 0.15) is 55.1 Å². The molecule has 2 rings (SSSR count). The predicted octanol–water partition coefficient (Wildman–Crippen LogP) is 5.35. The molecule has 1 N–H and O–H groups in total. The molecular formula is C22H26ClNO4. The lowest BCUT2D eigenvalue weighted by molar-refractivity contribution is -0.122. The van der Waals surface area contributed by atoms with Gasteiger partial charge in [-0.25, -0.2) is 4.79 Å². The van der Waals surface area contributed by atoms with Crippen LogP contribution in [0.4, 0.5) is 5.69 Å². The van der Waals surface area contributed by atoms with E-state index in [1.165, 1.54) is 6.07 Å². The second kappa shape index (κ2) is 9.60. The van der Waals surface area contributed by atoms with Crippen molar-refractivity contribution in [2.75, 3.05) is 11.9 Å². The van der Waals surface area contributed by atoms with Gasteiger partial charge < -0.3 is 14.8 Å². The van der Waals surface area contributed by atoms with E-state index in [1.54, 1.807) is 26.0 Å². The summed E-state index contributed by atoms with van der Waals surface area (Å²) in [5, 5.41) is 3.03. The van der Waals surface area contributed by atoms with Gasteiger partial charge >= 0.3 is 5.97 Å². The highest BCUT2D eigenvalue weighted by molar-refractivity contribution is 6.33. The van der Waals surface area contributed by atoms with Gasteiger partial charge in [0.25, 0.3) is 5.91 Å². The molecule has 1 atom stereocenters. The average Bonchev–Trinajstić information content (AvgIpc) is 2.63. The Morgan fingerprint density at radius 3 is 2.46 bits per heavy atom. The highest BCUT2D eigenvalue weighted by Gasteiger charge is 2.19. The number of ether oxygens (including phenoxy) is 2. The fourth-order valence-electron chi connectivity index (χ4n) is 2.68. The van der Waals surface area contributed by atoms with E-state index in [-0.39, 0.29) is 29.0 Å². The number of rotatable bonds is 7. The Bertz CT molecular complexity index is 864. The topological polar surface area (TPSA) is 64.6 Å². The van der Waals surface area contributed by atoms with E-state index in [9.17, 15) is 9.59 Å². The Hall–Kier alpha value is -2.53. The van der Waals surface area contributed by atoms with E-state index >= 15 is 0 Å². The van der Waals surface area contributed by atoms with Crippen LogP contribution in [0.25, 0.3) is 0 Å². The van der Waals surface area contributed by atoms with Crippen molar-refractivity contribution in [1.82, 2.24) is 0 Å². The van der Waals surface area contributed by atoms with Crippen LogP contribution in [0.2, 0.25) is 5.02 Å². The zero-order valence-electron chi connectivity index (χ0n) is 16.8. The number of carbonyl (C=O) groups is 2. The van der Waals surface area contributed by atoms with E-state index in [0.717, 1.165) is 11.1 Å². The summed E-state index contributed by atoms with van der Waals surface area (Å²) in [6, 6.07) is 10.6. The molecule has 0 fully saturated rings. The minimum absolute atomic E-state index is 0.204. The van der Waals surface area contributed by atoms with E-state index in [0.29, 0.717) is 11.4 Å². The minimum Gasteiger partial charge on any atom is -0.481 e. The Balaban J connectivity index is 2.14. The van der Waals surface area contributed by atoms with Gasteiger partial charge in [-0.1, -0.05) is 37.6 Å². The molecule has 0 aromatic heterocycles. The van der Waals surface area contributed by atoms with Crippen molar-refractivity contribution in [3.05, 3.63) is 58.1 Å². The zero-order valence-corrected chi connectivity index (χ0v) is 17.6. The highest BCUT2D eigenvalue weighted by atomic mass is 35.5. The molecule has 0 aliphatic rings. The normalized spacial score (nSPS) is 11.8. The molecule has 1 amide bonds. The summed E-state index contributed by atoms with van der Waals surface area (Å²) in [4.78, 5) is 24.6. The Morgan fingerprint density at radius 1 is 1.11 bits per heavy atom. The number of anilines is 1. The van der Waals surface area contributed by atoms with Gasteiger partial charge in [-0.05, 0) is 62.1 Å². The van der Waals surface area contributed by atoms with Crippen molar-refractivity contribution in [2.24, 2.45) is 0 Å². The van der Waals surface area contributed by atoms with Crippen molar-refractivity contribution in [3.63, 3.8) is 0 Å². The fourth-order valence-corrected chi connectivity index (χ4v) is 2.87. The smallest absolute Gasteiger partial charge is 0.339 e. The van der Waals surface area contributed by atoms with Gasteiger partial charge in [0.2, 0.25) is 0 Å². The highest BCUT2D eigenvalue weighted by Crippen LogP contribution is 2.28. The van der Waals surface area contributed by atoms with Gasteiger partial charge in [0.1, 0.15) is 5.75 Å². The number of esters is 1. The van der Waals surface area contributed by atoms with Crippen LogP contribution in [-0.4, -0.2) is 24.6 Å². The Morgan fingerprint density at radius 2 is 1.82 bits per heavy atom. The van der Waals surface area contributed by atoms with Crippen LogP contribution in [-0.2, 0) is 9.53 Å². The van der Waals surface area contributed by atoms with Gasteiger partial charge in [-0.15, -0.1) is 0 Å². The molecule has 0 saturated heterocycles. The quantitative estimate of drug-likeness (QED) is 0.632. The van der Waals surface area contributed by atoms with E-state index < -0.39 is 12.1 Å². The molecule has 6 heteroatoms. The third-order valence-electron chi connectivity index (χ3n) is 4.19. The van der Waals surface area contributed by atoms with Gasteiger partial charge in [0, 0.05) is 5.69 Å². The second-order valence-corrected chi connectivity index (χ2v) is 7.27. The number of aryl methyl sites for hydroxylation is 1. The van der Waals surface area contributed by atoms with Crippen LogP contribution in [0.15, 0.2) is 36.4 Å². The summed E-state index contributed by atoms with van der Waals surface area (Å²) in [5.74, 6) is 0.109. The maximum atomic E-state index is 12.6. The van der Waals surface area contributed by atoms with Crippen LogP contribution < -0.4 is 10.1 Å². The number of halogens is 1. The summed E-state index contributed by atoms with van der Waals surface area (Å²) in [6.45, 7) is 9.77. The van der Waals surface area contributed by atoms with E-state index in [4.69, 9.17) is 21.1 Å². The van der Waals surface area contributed by atoms with Gasteiger partial charge in [0.15, 0.2) is 6.10 Å². The van der Waals surface area contributed by atoms with Crippen LogP contribution in [0, 0.1) is 6.92 Å². The van der Waals surface area contributed by atoms with Crippen molar-refractivity contribution in [3.8, 4) is 5.75 Å². The maximum Gasteiger partial charge on any atom is 0.339 e. The van der Waals surface area contributed by atoms with Crippen LogP contribution in [0.3, 0.4) is 0 Å². The lowest BCUT2D eigenvalue weighted by atomic mass is 10.0. The second-order valence-electron chi connectivity index (χ2n) is 6.86. The third kappa shape index (κ3) is 5.49. The molecule has 150 valence electrons. The largest absolute Gasteiger partial charge is 0.481 e. The first-order valence-corrected chi connectivity index (χ1v) is 9.65. The summed E-state index contributed by atoms with van der Waals surface area (Å²) in [5.41, 5.74) is 2.75. The van der Waals surface area contributed by atoms with Gasteiger partial charge in [0.05, 0.1) is 17.2 Å². The minimum atomic E-state index is -0.721. The molecule has 5 nitrogen and oxygen atoms in total. The van der Waals surface area contributed by atoms with Crippen molar-refractivity contribution in [2.45, 2.75) is 46.6 Å². The average molecular weight is 404 g/mol. The fraction of sp³-hybridized carbons (Fsp3) is 0.364. The maximum absolute atomic E-state index is 12.6. The molecule has 0 radical (unpaired) electrons. The molecule has 0 bridgehead atoms. The SMILES string of the molecule is CCOC(=O)c1cc(NC(=O)[C@H](C)Oc2cc(C)ccc2C(C)C)ccc1Cl. The van der Waals surface area contributed by atoms with Crippen molar-refractivity contribution >= 4 is 29.2 Å². The molecule has 0 heterocycles. The molecule has 0 aliphatic carbocycles. The molecule has 28 heavy (non-hydrogen) atoms. The number of nitrogens with one attached hydrogen (secondary N) is 1. The van der Waals surface area contributed by atoms with Crippen molar-refractivity contribution < 1.29 is 19.1 Å². The number of hydrogen-bond acceptors (Lipinski definition) is 4. The monoisotopic (exact) mass is 403 g/mol. The number of hydrogen-bond donors (Lipinski definition) is 1. The van der Waals surface area contributed by atoms with Crippen LogP contribution in [0.5, 0.6) is 5.75 Å². The first kappa shape index (κ1) is 21.8. The molecule has 0 unspecified atom stereocenters. The summed E-state index contributed by atoms with van der Waals surface area (Å²) >= 11 is 6.06. The molecular weight excluding hydrogens is 378 g/mol. The summed E-state index contributed by atoms with van der Waals surface area (Å²) in [7, 11) is 0. The number of carbonyl (C=O) groups excluding carboxylic acids is 2. The standard InChI is InChI=1S/C22H26ClNO4/c1-6-27-22(26)18-12-16(8-10-19(18)23)24-21(25)15(5)28-20-11-14(4)7-9-17(20)13(2)3/h7-13,15H,6H2,1-5H3,(H,24,25)/t15-/m0/s1. The van der Waals surface area contributed by atoms with Gasteiger partial charge in [-0.3, -0.25) is 4.79 Å². The Labute approximate surface area is 171 Å². The molecule has 2 aromatic carbocycles. The molecule has 2 aromatic rings. The predicted molar refractivity (Wildman–Crippen MR) is 111 cm³/mol. The lowest BCUT2D eigenvalue weighted by Crippen LogP contribution is -2.30.